The van der Waals surface area contributed by atoms with E-state index in [1.165, 1.54) is 0 Å². The van der Waals surface area contributed by atoms with Gasteiger partial charge in [-0.25, -0.2) is 0 Å². The van der Waals surface area contributed by atoms with Crippen molar-refractivity contribution in [3.05, 3.63) is 88.8 Å². The number of nitrogens with two attached hydrogens (primary N) is 1. The Morgan fingerprint density at radius 1 is 0.826 bits per heavy atom. The first-order chi connectivity index (χ1) is 11.3. The van der Waals surface area contributed by atoms with E-state index >= 15 is 0 Å². The van der Waals surface area contributed by atoms with Gasteiger partial charge in [-0.15, -0.1) is 0 Å². The van der Waals surface area contributed by atoms with Gasteiger partial charge >= 0.3 is 0 Å². The fourth-order valence-electron chi connectivity index (χ4n) is 2.66. The number of allylic oxidation sites excluding steroid dienone is 2. The van der Waals surface area contributed by atoms with Gasteiger partial charge in [-0.2, -0.15) is 10.5 Å². The molecule has 0 aromatic heterocycles. The molecule has 110 valence electrons. The Bertz CT molecular complexity index is 868. The van der Waals surface area contributed by atoms with Gasteiger partial charge in [-0.3, -0.25) is 0 Å². The molecule has 4 heteroatoms. The van der Waals surface area contributed by atoms with E-state index in [1.807, 2.05) is 60.7 Å². The Morgan fingerprint density at radius 3 is 1.96 bits per heavy atom. The number of hydrogen-bond donors (Lipinski definition) is 1. The van der Waals surface area contributed by atoms with Crippen LogP contribution in [-0.2, 0) is 4.74 Å². The third-order valence-electron chi connectivity index (χ3n) is 3.71. The van der Waals surface area contributed by atoms with E-state index in [4.69, 9.17) is 10.5 Å². The molecule has 0 fully saturated rings. The van der Waals surface area contributed by atoms with Gasteiger partial charge in [-0.1, -0.05) is 60.7 Å². The van der Waals surface area contributed by atoms with E-state index in [9.17, 15) is 10.5 Å². The summed E-state index contributed by atoms with van der Waals surface area (Å²) in [6.07, 6.45) is 0. The highest BCUT2D eigenvalue weighted by atomic mass is 16.5. The van der Waals surface area contributed by atoms with Gasteiger partial charge in [0.1, 0.15) is 11.6 Å². The van der Waals surface area contributed by atoms with Gasteiger partial charge in [0.05, 0.1) is 17.6 Å². The smallest absolute Gasteiger partial charge is 0.205 e. The van der Waals surface area contributed by atoms with Gasteiger partial charge in [-0.05, 0) is 5.56 Å². The number of hydrogen-bond acceptors (Lipinski definition) is 4. The van der Waals surface area contributed by atoms with E-state index in [-0.39, 0.29) is 11.5 Å². The molecule has 0 amide bonds. The summed E-state index contributed by atoms with van der Waals surface area (Å²) in [5.74, 6) is -0.0761. The number of nitrogens with zero attached hydrogens (tertiary/aromatic N) is 2. The first-order valence-corrected chi connectivity index (χ1v) is 7.08. The molecule has 4 nitrogen and oxygen atoms in total. The SMILES string of the molecule is N#CC1=C(N)OC(c2ccccc2)=C(C#N)[C@H]1c1ccccc1. The lowest BCUT2D eigenvalue weighted by Crippen LogP contribution is -2.20. The molecule has 0 spiro atoms. The lowest BCUT2D eigenvalue weighted by molar-refractivity contribution is 0.357. The predicted octanol–water partition coefficient (Wildman–Crippen LogP) is 3.43. The number of nitriles is 2. The molecule has 3 rings (SSSR count). The molecule has 1 atom stereocenters. The molecule has 0 saturated heterocycles. The van der Waals surface area contributed by atoms with Crippen LogP contribution < -0.4 is 5.73 Å². The summed E-state index contributed by atoms with van der Waals surface area (Å²) in [5, 5.41) is 19.2. The zero-order chi connectivity index (χ0) is 16.2. The lowest BCUT2D eigenvalue weighted by Gasteiger charge is -2.26. The highest BCUT2D eigenvalue weighted by Gasteiger charge is 2.33. The fraction of sp³-hybridized carbons (Fsp3) is 0.0526. The average molecular weight is 299 g/mol. The second kappa shape index (κ2) is 6.09. The van der Waals surface area contributed by atoms with Gasteiger partial charge in [0.2, 0.25) is 5.88 Å². The van der Waals surface area contributed by atoms with Crippen LogP contribution in [0.3, 0.4) is 0 Å². The normalized spacial score (nSPS) is 17.2. The van der Waals surface area contributed by atoms with Crippen molar-refractivity contribution in [1.29, 1.82) is 10.5 Å². The van der Waals surface area contributed by atoms with Crippen LogP contribution in [0.5, 0.6) is 0 Å². The lowest BCUT2D eigenvalue weighted by atomic mass is 9.83. The van der Waals surface area contributed by atoms with Crippen LogP contribution in [0, 0.1) is 22.7 Å². The molecule has 1 aliphatic rings. The first-order valence-electron chi connectivity index (χ1n) is 7.08. The van der Waals surface area contributed by atoms with Crippen molar-refractivity contribution >= 4 is 5.76 Å². The van der Waals surface area contributed by atoms with Crippen molar-refractivity contribution in [2.45, 2.75) is 5.92 Å². The van der Waals surface area contributed by atoms with Crippen molar-refractivity contribution in [2.75, 3.05) is 0 Å². The highest BCUT2D eigenvalue weighted by Crippen LogP contribution is 2.41. The maximum atomic E-state index is 9.69. The molecule has 23 heavy (non-hydrogen) atoms. The maximum Gasteiger partial charge on any atom is 0.205 e. The number of ether oxygens (including phenoxy) is 1. The monoisotopic (exact) mass is 299 g/mol. The van der Waals surface area contributed by atoms with Crippen LogP contribution in [0.1, 0.15) is 17.0 Å². The van der Waals surface area contributed by atoms with Crippen molar-refractivity contribution in [1.82, 2.24) is 0 Å². The highest BCUT2D eigenvalue weighted by molar-refractivity contribution is 5.73. The Morgan fingerprint density at radius 2 is 1.39 bits per heavy atom. The van der Waals surface area contributed by atoms with Crippen LogP contribution in [0.25, 0.3) is 5.76 Å². The number of benzene rings is 2. The van der Waals surface area contributed by atoms with E-state index < -0.39 is 5.92 Å². The summed E-state index contributed by atoms with van der Waals surface area (Å²) in [5.41, 5.74) is 8.18. The van der Waals surface area contributed by atoms with Gasteiger partial charge in [0.15, 0.2) is 5.76 Å². The third-order valence-corrected chi connectivity index (χ3v) is 3.71. The second-order valence-electron chi connectivity index (χ2n) is 5.06. The minimum Gasteiger partial charge on any atom is -0.439 e. The summed E-state index contributed by atoms with van der Waals surface area (Å²) in [6.45, 7) is 0. The number of rotatable bonds is 2. The fourth-order valence-corrected chi connectivity index (χ4v) is 2.66. The zero-order valence-electron chi connectivity index (χ0n) is 12.2. The molecule has 2 aromatic carbocycles. The van der Waals surface area contributed by atoms with Crippen molar-refractivity contribution in [2.24, 2.45) is 5.73 Å². The van der Waals surface area contributed by atoms with Crippen LogP contribution in [0.4, 0.5) is 0 Å². The van der Waals surface area contributed by atoms with E-state index in [2.05, 4.69) is 12.1 Å². The molecule has 0 saturated carbocycles. The Labute approximate surface area is 134 Å². The molecule has 0 aliphatic carbocycles. The maximum absolute atomic E-state index is 9.69. The second-order valence-corrected chi connectivity index (χ2v) is 5.06. The summed E-state index contributed by atoms with van der Waals surface area (Å²) in [4.78, 5) is 0. The van der Waals surface area contributed by atoms with E-state index in [0.717, 1.165) is 11.1 Å². The van der Waals surface area contributed by atoms with Crippen LogP contribution in [0.2, 0.25) is 0 Å². The van der Waals surface area contributed by atoms with Crippen molar-refractivity contribution in [3.63, 3.8) is 0 Å². The molecule has 1 aliphatic heterocycles. The van der Waals surface area contributed by atoms with Crippen molar-refractivity contribution < 1.29 is 4.74 Å². The minimum atomic E-state index is -0.518. The summed E-state index contributed by atoms with van der Waals surface area (Å²) in [6, 6.07) is 22.9. The van der Waals surface area contributed by atoms with Crippen LogP contribution >= 0.6 is 0 Å². The quantitative estimate of drug-likeness (QED) is 0.920. The molecule has 0 radical (unpaired) electrons. The van der Waals surface area contributed by atoms with Gasteiger partial charge in [0, 0.05) is 5.56 Å². The molecule has 0 bridgehead atoms. The van der Waals surface area contributed by atoms with E-state index in [0.29, 0.717) is 11.3 Å². The van der Waals surface area contributed by atoms with Gasteiger partial charge < -0.3 is 10.5 Å². The van der Waals surface area contributed by atoms with Gasteiger partial charge in [0.25, 0.3) is 0 Å². The summed E-state index contributed by atoms with van der Waals surface area (Å²) >= 11 is 0. The topological polar surface area (TPSA) is 82.8 Å². The Balaban J connectivity index is 2.23. The van der Waals surface area contributed by atoms with E-state index in [1.54, 1.807) is 0 Å². The molecule has 1 heterocycles. The molecular formula is C19H13N3O. The molecule has 2 N–H and O–H groups in total. The zero-order valence-corrected chi connectivity index (χ0v) is 12.2. The third kappa shape index (κ3) is 2.54. The molecule has 0 unspecified atom stereocenters. The molecular weight excluding hydrogens is 286 g/mol. The van der Waals surface area contributed by atoms with Crippen LogP contribution in [0.15, 0.2) is 77.7 Å². The molecule has 2 aromatic rings. The standard InChI is InChI=1S/C19H13N3O/c20-11-15-17(13-7-3-1-4-8-13)16(12-21)19(22)23-18(15)14-9-5-2-6-10-14/h1-10,17H,22H2/t17-/m1/s1. The summed E-state index contributed by atoms with van der Waals surface area (Å²) in [7, 11) is 0. The predicted molar refractivity (Wildman–Crippen MR) is 86.1 cm³/mol. The largest absolute Gasteiger partial charge is 0.439 e. The summed E-state index contributed by atoms with van der Waals surface area (Å²) < 4.78 is 5.62. The Hall–Kier alpha value is -3.50. The minimum absolute atomic E-state index is 0.0409. The first kappa shape index (κ1) is 14.4. The Kier molecular flexibility index (Phi) is 3.82. The average Bonchev–Trinajstić information content (AvgIpc) is 2.62. The van der Waals surface area contributed by atoms with Crippen molar-refractivity contribution in [3.8, 4) is 12.1 Å². The van der Waals surface area contributed by atoms with Crippen LogP contribution in [-0.4, -0.2) is 0 Å².